The summed E-state index contributed by atoms with van der Waals surface area (Å²) in [6.07, 6.45) is 7.18. The van der Waals surface area contributed by atoms with Gasteiger partial charge in [-0.1, -0.05) is 30.3 Å². The molecule has 4 aromatic rings. The number of imidazole rings is 1. The number of fused-ring (bicyclic) bond motifs is 1. The monoisotopic (exact) mass is 372 g/mol. The van der Waals surface area contributed by atoms with Crippen LogP contribution in [0.2, 0.25) is 0 Å². The zero-order chi connectivity index (χ0) is 19.1. The van der Waals surface area contributed by atoms with E-state index in [2.05, 4.69) is 31.8 Å². The van der Waals surface area contributed by atoms with E-state index in [-0.39, 0.29) is 11.6 Å². The van der Waals surface area contributed by atoms with Crippen molar-refractivity contribution in [1.82, 2.24) is 29.2 Å². The summed E-state index contributed by atoms with van der Waals surface area (Å²) in [7, 11) is 0. The minimum atomic E-state index is -0.123. The standard InChI is InChI=1S/C21H20N6O/c1-14(26-11-16(12-26)19-22-8-5-9-23-19)17-13-27-18(21(28)25-17)10-24-20(27)15-6-3-2-4-7-15/h2-10,13-14,16H,11-12H2,1H3,(H,25,28). The number of H-pyrrole nitrogens is 1. The number of benzene rings is 1. The lowest BCUT2D eigenvalue weighted by Gasteiger charge is -2.42. The summed E-state index contributed by atoms with van der Waals surface area (Å²) < 4.78 is 1.89. The van der Waals surface area contributed by atoms with Gasteiger partial charge in [0.05, 0.1) is 11.9 Å². The van der Waals surface area contributed by atoms with Gasteiger partial charge < -0.3 is 4.98 Å². The van der Waals surface area contributed by atoms with E-state index in [9.17, 15) is 4.79 Å². The van der Waals surface area contributed by atoms with Gasteiger partial charge in [-0.15, -0.1) is 0 Å². The lowest BCUT2D eigenvalue weighted by Crippen LogP contribution is -2.47. The van der Waals surface area contributed by atoms with E-state index in [0.717, 1.165) is 36.0 Å². The zero-order valence-electron chi connectivity index (χ0n) is 15.5. The first-order valence-electron chi connectivity index (χ1n) is 9.37. The van der Waals surface area contributed by atoms with E-state index in [1.54, 1.807) is 18.6 Å². The number of nitrogens with zero attached hydrogens (tertiary/aromatic N) is 5. The molecule has 1 saturated heterocycles. The van der Waals surface area contributed by atoms with E-state index < -0.39 is 0 Å². The van der Waals surface area contributed by atoms with Crippen LogP contribution in [0, 0.1) is 0 Å². The summed E-state index contributed by atoms with van der Waals surface area (Å²) in [5.41, 5.74) is 2.29. The molecular formula is C21H20N6O. The number of hydrogen-bond acceptors (Lipinski definition) is 5. The average molecular weight is 372 g/mol. The highest BCUT2D eigenvalue weighted by Crippen LogP contribution is 2.32. The molecule has 0 saturated carbocycles. The minimum absolute atomic E-state index is 0.0862. The van der Waals surface area contributed by atoms with Crippen molar-refractivity contribution in [3.63, 3.8) is 0 Å². The highest BCUT2D eigenvalue weighted by molar-refractivity contribution is 5.61. The topological polar surface area (TPSA) is 79.2 Å². The molecule has 3 aromatic heterocycles. The van der Waals surface area contributed by atoms with Gasteiger partial charge in [-0.05, 0) is 13.0 Å². The van der Waals surface area contributed by atoms with Gasteiger partial charge in [0.2, 0.25) is 0 Å². The lowest BCUT2D eigenvalue weighted by molar-refractivity contribution is 0.0939. The van der Waals surface area contributed by atoms with E-state index >= 15 is 0 Å². The highest BCUT2D eigenvalue weighted by atomic mass is 16.1. The van der Waals surface area contributed by atoms with Gasteiger partial charge in [-0.25, -0.2) is 15.0 Å². The summed E-state index contributed by atoms with van der Waals surface area (Å²) in [5.74, 6) is 2.00. The van der Waals surface area contributed by atoms with Crippen LogP contribution >= 0.6 is 0 Å². The predicted molar refractivity (Wildman–Crippen MR) is 106 cm³/mol. The van der Waals surface area contributed by atoms with Crippen molar-refractivity contribution in [1.29, 1.82) is 0 Å². The molecule has 1 N–H and O–H groups in total. The maximum Gasteiger partial charge on any atom is 0.274 e. The van der Waals surface area contributed by atoms with Crippen molar-refractivity contribution in [2.75, 3.05) is 13.1 Å². The molecule has 0 amide bonds. The van der Waals surface area contributed by atoms with Crippen LogP contribution in [0.3, 0.4) is 0 Å². The maximum atomic E-state index is 12.6. The number of hydrogen-bond donors (Lipinski definition) is 1. The molecule has 28 heavy (non-hydrogen) atoms. The van der Waals surface area contributed by atoms with Gasteiger partial charge in [0.15, 0.2) is 0 Å². The Morgan fingerprint density at radius 2 is 1.82 bits per heavy atom. The van der Waals surface area contributed by atoms with Crippen LogP contribution in [0.4, 0.5) is 0 Å². The van der Waals surface area contributed by atoms with Crippen molar-refractivity contribution in [2.24, 2.45) is 0 Å². The fourth-order valence-corrected chi connectivity index (χ4v) is 3.75. The lowest BCUT2D eigenvalue weighted by atomic mass is 9.96. The Bertz CT molecular complexity index is 1160. The molecule has 0 bridgehead atoms. The van der Waals surface area contributed by atoms with Crippen LogP contribution in [0.15, 0.2) is 66.0 Å². The van der Waals surface area contributed by atoms with E-state index in [0.29, 0.717) is 11.4 Å². The molecule has 7 nitrogen and oxygen atoms in total. The maximum absolute atomic E-state index is 12.6. The molecule has 140 valence electrons. The second-order valence-corrected chi connectivity index (χ2v) is 7.18. The van der Waals surface area contributed by atoms with Crippen LogP contribution in [-0.2, 0) is 0 Å². The van der Waals surface area contributed by atoms with Crippen LogP contribution in [0.25, 0.3) is 16.9 Å². The van der Waals surface area contributed by atoms with Crippen molar-refractivity contribution >= 4 is 5.52 Å². The molecule has 1 fully saturated rings. The molecule has 1 unspecified atom stereocenters. The fraction of sp³-hybridized carbons (Fsp3) is 0.238. The number of rotatable bonds is 4. The average Bonchev–Trinajstić information content (AvgIpc) is 3.13. The van der Waals surface area contributed by atoms with Gasteiger partial charge in [0, 0.05) is 49.2 Å². The van der Waals surface area contributed by atoms with Crippen molar-refractivity contribution in [3.8, 4) is 11.4 Å². The number of likely N-dealkylation sites (tertiary alicyclic amines) is 1. The van der Waals surface area contributed by atoms with Crippen LogP contribution in [-0.4, -0.2) is 42.3 Å². The first-order chi connectivity index (χ1) is 13.7. The quantitative estimate of drug-likeness (QED) is 0.596. The van der Waals surface area contributed by atoms with E-state index in [1.165, 1.54) is 0 Å². The van der Waals surface area contributed by atoms with Crippen LogP contribution in [0.1, 0.15) is 30.4 Å². The summed E-state index contributed by atoms with van der Waals surface area (Å²) in [6, 6.07) is 11.8. The fourth-order valence-electron chi connectivity index (χ4n) is 3.75. The third kappa shape index (κ3) is 2.80. The second kappa shape index (κ2) is 6.69. The molecule has 1 aliphatic rings. The number of nitrogens with one attached hydrogen (secondary N) is 1. The Morgan fingerprint density at radius 3 is 2.57 bits per heavy atom. The van der Waals surface area contributed by atoms with Gasteiger partial charge in [-0.3, -0.25) is 14.1 Å². The van der Waals surface area contributed by atoms with Crippen LogP contribution in [0.5, 0.6) is 0 Å². The molecular weight excluding hydrogens is 352 g/mol. The molecule has 4 heterocycles. The largest absolute Gasteiger partial charge is 0.321 e. The molecule has 1 aromatic carbocycles. The third-order valence-corrected chi connectivity index (χ3v) is 5.45. The first kappa shape index (κ1) is 16.8. The minimum Gasteiger partial charge on any atom is -0.321 e. The number of aromatic amines is 1. The Labute approximate surface area is 161 Å². The molecule has 5 rings (SSSR count). The van der Waals surface area contributed by atoms with Gasteiger partial charge in [0.25, 0.3) is 5.56 Å². The number of aromatic nitrogens is 5. The van der Waals surface area contributed by atoms with Crippen molar-refractivity contribution < 1.29 is 0 Å². The van der Waals surface area contributed by atoms with E-state index in [1.807, 2.05) is 47.0 Å². The SMILES string of the molecule is CC(c1cn2c(-c3ccccc3)ncc2c(=O)[nH]1)N1CC(c2ncccn2)C1. The summed E-state index contributed by atoms with van der Waals surface area (Å²) in [5, 5.41) is 0. The Kier molecular flexibility index (Phi) is 4.02. The first-order valence-corrected chi connectivity index (χ1v) is 9.37. The van der Waals surface area contributed by atoms with Crippen molar-refractivity contribution in [2.45, 2.75) is 18.9 Å². The molecule has 0 aliphatic carbocycles. The molecule has 0 radical (unpaired) electrons. The molecule has 7 heteroatoms. The Balaban J connectivity index is 1.44. The van der Waals surface area contributed by atoms with E-state index in [4.69, 9.17) is 0 Å². The highest BCUT2D eigenvalue weighted by Gasteiger charge is 2.34. The van der Waals surface area contributed by atoms with Crippen molar-refractivity contribution in [3.05, 3.63) is 83.1 Å². The van der Waals surface area contributed by atoms with Gasteiger partial charge >= 0.3 is 0 Å². The van der Waals surface area contributed by atoms with Crippen LogP contribution < -0.4 is 5.56 Å². The Morgan fingerprint density at radius 1 is 1.07 bits per heavy atom. The Hall–Kier alpha value is -3.32. The normalized spacial score (nSPS) is 16.2. The smallest absolute Gasteiger partial charge is 0.274 e. The summed E-state index contributed by atoms with van der Waals surface area (Å²) in [6.45, 7) is 3.86. The van der Waals surface area contributed by atoms with Gasteiger partial charge in [-0.2, -0.15) is 0 Å². The molecule has 0 spiro atoms. The molecule has 1 atom stereocenters. The van der Waals surface area contributed by atoms with Gasteiger partial charge in [0.1, 0.15) is 17.2 Å². The third-order valence-electron chi connectivity index (χ3n) is 5.45. The summed E-state index contributed by atoms with van der Waals surface area (Å²) >= 11 is 0. The molecule has 1 aliphatic heterocycles. The summed E-state index contributed by atoms with van der Waals surface area (Å²) in [4.78, 5) is 31.1. The predicted octanol–water partition coefficient (Wildman–Crippen LogP) is 2.64. The second-order valence-electron chi connectivity index (χ2n) is 7.18. The zero-order valence-corrected chi connectivity index (χ0v) is 15.5.